The Morgan fingerprint density at radius 3 is 2.63 bits per heavy atom. The van der Waals surface area contributed by atoms with Crippen LogP contribution >= 0.6 is 24.0 Å². The number of carbonyl (C=O) groups excluding carboxylic acids is 2. The maximum Gasteiger partial charge on any atom is 0.344 e. The lowest BCUT2D eigenvalue weighted by atomic mass is 10.2. The summed E-state index contributed by atoms with van der Waals surface area (Å²) in [6, 6.07) is 5.29. The van der Waals surface area contributed by atoms with Crippen molar-refractivity contribution in [1.29, 1.82) is 0 Å². The lowest BCUT2D eigenvalue weighted by Crippen LogP contribution is -2.28. The van der Waals surface area contributed by atoms with Crippen LogP contribution in [0.4, 0.5) is 0 Å². The lowest BCUT2D eigenvalue weighted by Gasteiger charge is -2.13. The van der Waals surface area contributed by atoms with Gasteiger partial charge in [0.15, 0.2) is 18.1 Å². The van der Waals surface area contributed by atoms with E-state index in [2.05, 4.69) is 0 Å². The molecule has 0 unspecified atom stereocenters. The minimum Gasteiger partial charge on any atom is -0.490 e. The highest BCUT2D eigenvalue weighted by molar-refractivity contribution is 8.26. The van der Waals surface area contributed by atoms with Crippen LogP contribution in [0.25, 0.3) is 6.08 Å². The van der Waals surface area contributed by atoms with Crippen molar-refractivity contribution >= 4 is 46.3 Å². The smallest absolute Gasteiger partial charge is 0.344 e. The standard InChI is InChI=1S/C19H23NO5S2/c1-4-9-20-18(22)16(27-19(20)26)11-13-7-8-14(15(10-13)23-5-2)25-12-17(21)24-6-3/h7-8,10-11H,4-6,9,12H2,1-3H3/b16-11+. The Kier molecular flexibility index (Phi) is 8.12. The summed E-state index contributed by atoms with van der Waals surface area (Å²) in [5.74, 6) is 0.427. The quantitative estimate of drug-likeness (QED) is 0.350. The number of benzene rings is 1. The predicted molar refractivity (Wildman–Crippen MR) is 110 cm³/mol. The molecule has 0 aliphatic carbocycles. The molecule has 0 N–H and O–H groups in total. The first-order valence-electron chi connectivity index (χ1n) is 8.80. The van der Waals surface area contributed by atoms with Gasteiger partial charge in [-0.3, -0.25) is 9.69 Å². The minimum absolute atomic E-state index is 0.0764. The highest BCUT2D eigenvalue weighted by atomic mass is 32.2. The average Bonchev–Trinajstić information content (AvgIpc) is 2.89. The summed E-state index contributed by atoms with van der Waals surface area (Å²) in [5.41, 5.74) is 0.791. The van der Waals surface area contributed by atoms with E-state index in [1.807, 2.05) is 13.8 Å². The van der Waals surface area contributed by atoms with Crippen LogP contribution in [0.2, 0.25) is 0 Å². The van der Waals surface area contributed by atoms with Gasteiger partial charge in [-0.05, 0) is 44.0 Å². The molecular weight excluding hydrogens is 386 g/mol. The summed E-state index contributed by atoms with van der Waals surface area (Å²) in [6.45, 7) is 6.77. The number of carbonyl (C=O) groups is 2. The molecule has 0 spiro atoms. The first-order valence-corrected chi connectivity index (χ1v) is 10.0. The van der Waals surface area contributed by atoms with Crippen LogP contribution in [0.1, 0.15) is 32.8 Å². The van der Waals surface area contributed by atoms with Crippen molar-refractivity contribution in [2.45, 2.75) is 27.2 Å². The van der Waals surface area contributed by atoms with Crippen LogP contribution in [-0.4, -0.2) is 47.5 Å². The van der Waals surface area contributed by atoms with E-state index in [1.54, 1.807) is 36.1 Å². The van der Waals surface area contributed by atoms with Crippen LogP contribution in [-0.2, 0) is 14.3 Å². The topological polar surface area (TPSA) is 65.1 Å². The van der Waals surface area contributed by atoms with Crippen molar-refractivity contribution in [2.24, 2.45) is 0 Å². The molecule has 1 aliphatic rings. The van der Waals surface area contributed by atoms with Crippen LogP contribution in [0.15, 0.2) is 23.1 Å². The van der Waals surface area contributed by atoms with Crippen LogP contribution < -0.4 is 9.47 Å². The number of amides is 1. The van der Waals surface area contributed by atoms with Crippen LogP contribution in [0.3, 0.4) is 0 Å². The molecule has 0 saturated carbocycles. The second-order valence-corrected chi connectivity index (χ2v) is 7.24. The van der Waals surface area contributed by atoms with E-state index in [4.69, 9.17) is 26.4 Å². The predicted octanol–water partition coefficient (Wildman–Crippen LogP) is 3.64. The maximum absolute atomic E-state index is 12.5. The SMILES string of the molecule is CCCN1C(=O)/C(=C\c2ccc(OCC(=O)OCC)c(OCC)c2)SC1=S. The molecule has 6 nitrogen and oxygen atoms in total. The van der Waals surface area contributed by atoms with E-state index >= 15 is 0 Å². The fourth-order valence-electron chi connectivity index (χ4n) is 2.41. The number of ether oxygens (including phenoxy) is 3. The van der Waals surface area contributed by atoms with Gasteiger partial charge in [0, 0.05) is 6.54 Å². The number of thiocarbonyl (C=S) groups is 1. The van der Waals surface area contributed by atoms with Crippen molar-refractivity contribution in [3.05, 3.63) is 28.7 Å². The second kappa shape index (κ2) is 10.3. The van der Waals surface area contributed by atoms with E-state index in [9.17, 15) is 9.59 Å². The summed E-state index contributed by atoms with van der Waals surface area (Å²) in [7, 11) is 0. The van der Waals surface area contributed by atoms with Crippen LogP contribution in [0.5, 0.6) is 11.5 Å². The molecule has 1 heterocycles. The van der Waals surface area contributed by atoms with Gasteiger partial charge in [-0.25, -0.2) is 4.79 Å². The van der Waals surface area contributed by atoms with Gasteiger partial charge in [0.2, 0.25) is 0 Å². The number of hydrogen-bond donors (Lipinski definition) is 0. The van der Waals surface area contributed by atoms with E-state index in [0.717, 1.165) is 12.0 Å². The molecule has 1 amide bonds. The molecule has 1 aliphatic heterocycles. The average molecular weight is 410 g/mol. The fraction of sp³-hybridized carbons (Fsp3) is 0.421. The van der Waals surface area contributed by atoms with Gasteiger partial charge in [-0.1, -0.05) is 37.0 Å². The zero-order valence-electron chi connectivity index (χ0n) is 15.6. The zero-order valence-corrected chi connectivity index (χ0v) is 17.3. The van der Waals surface area contributed by atoms with Gasteiger partial charge >= 0.3 is 5.97 Å². The van der Waals surface area contributed by atoms with Crippen molar-refractivity contribution in [3.8, 4) is 11.5 Å². The Balaban J connectivity index is 2.18. The van der Waals surface area contributed by atoms with E-state index < -0.39 is 5.97 Å². The number of esters is 1. The highest BCUT2D eigenvalue weighted by Gasteiger charge is 2.31. The molecule has 27 heavy (non-hydrogen) atoms. The van der Waals surface area contributed by atoms with Gasteiger partial charge in [0.1, 0.15) is 4.32 Å². The molecule has 1 fully saturated rings. The maximum atomic E-state index is 12.5. The summed E-state index contributed by atoms with van der Waals surface area (Å²) in [5, 5.41) is 0. The molecule has 8 heteroatoms. The third-order valence-corrected chi connectivity index (χ3v) is 4.91. The molecule has 146 valence electrons. The number of thioether (sulfide) groups is 1. The second-order valence-electron chi connectivity index (χ2n) is 5.57. The Bertz CT molecular complexity index is 748. The number of rotatable bonds is 9. The van der Waals surface area contributed by atoms with Gasteiger partial charge in [-0.2, -0.15) is 0 Å². The van der Waals surface area contributed by atoms with Gasteiger partial charge in [0.05, 0.1) is 18.1 Å². The fourth-order valence-corrected chi connectivity index (χ4v) is 3.72. The third-order valence-electron chi connectivity index (χ3n) is 3.54. The van der Waals surface area contributed by atoms with Crippen molar-refractivity contribution in [1.82, 2.24) is 4.90 Å². The molecule has 0 bridgehead atoms. The molecule has 1 aromatic rings. The molecule has 0 aromatic heterocycles. The monoisotopic (exact) mass is 409 g/mol. The molecular formula is C19H23NO5S2. The molecule has 2 rings (SSSR count). The molecule has 0 atom stereocenters. The first-order chi connectivity index (χ1) is 13.0. The lowest BCUT2D eigenvalue weighted by molar-refractivity contribution is -0.145. The molecule has 0 radical (unpaired) electrons. The number of hydrogen-bond acceptors (Lipinski definition) is 7. The summed E-state index contributed by atoms with van der Waals surface area (Å²) < 4.78 is 16.5. The Hall–Kier alpha value is -2.06. The van der Waals surface area contributed by atoms with Gasteiger partial charge < -0.3 is 14.2 Å². The normalized spacial score (nSPS) is 15.4. The summed E-state index contributed by atoms with van der Waals surface area (Å²) in [6.07, 6.45) is 2.63. The Morgan fingerprint density at radius 1 is 1.19 bits per heavy atom. The van der Waals surface area contributed by atoms with Gasteiger partial charge in [0.25, 0.3) is 5.91 Å². The van der Waals surface area contributed by atoms with E-state index in [1.165, 1.54) is 11.8 Å². The van der Waals surface area contributed by atoms with Crippen LogP contribution in [0, 0.1) is 0 Å². The summed E-state index contributed by atoms with van der Waals surface area (Å²) >= 11 is 6.58. The minimum atomic E-state index is -0.441. The zero-order chi connectivity index (χ0) is 19.8. The van der Waals surface area contributed by atoms with Crippen molar-refractivity contribution < 1.29 is 23.8 Å². The van der Waals surface area contributed by atoms with E-state index in [-0.39, 0.29) is 12.5 Å². The third kappa shape index (κ3) is 5.71. The Labute approximate surface area is 168 Å². The highest BCUT2D eigenvalue weighted by Crippen LogP contribution is 2.35. The first kappa shape index (κ1) is 21.2. The van der Waals surface area contributed by atoms with E-state index in [0.29, 0.717) is 40.5 Å². The van der Waals surface area contributed by atoms with Crippen molar-refractivity contribution in [2.75, 3.05) is 26.4 Å². The van der Waals surface area contributed by atoms with Gasteiger partial charge in [-0.15, -0.1) is 0 Å². The number of nitrogens with zero attached hydrogens (tertiary/aromatic N) is 1. The Morgan fingerprint density at radius 2 is 1.96 bits per heavy atom. The van der Waals surface area contributed by atoms with Crippen molar-refractivity contribution in [3.63, 3.8) is 0 Å². The molecule has 1 saturated heterocycles. The molecule has 1 aromatic carbocycles. The largest absolute Gasteiger partial charge is 0.490 e. The summed E-state index contributed by atoms with van der Waals surface area (Å²) in [4.78, 5) is 26.1.